The topological polar surface area (TPSA) is 95.1 Å². The molecule has 0 unspecified atom stereocenters. The third kappa shape index (κ3) is 5.39. The number of carbonyl (C=O) groups is 1. The number of primary amides is 1. The van der Waals surface area contributed by atoms with Crippen molar-refractivity contribution in [1.29, 1.82) is 0 Å². The van der Waals surface area contributed by atoms with E-state index in [1.807, 2.05) is 0 Å². The molecule has 0 rings (SSSR count). The molecule has 42 valence electrons. The summed E-state index contributed by atoms with van der Waals surface area (Å²) >= 11 is 0. The summed E-state index contributed by atoms with van der Waals surface area (Å²) in [6, 6.07) is 0. The highest BCUT2D eigenvalue weighted by molar-refractivity contribution is 5.74. The van der Waals surface area contributed by atoms with Crippen LogP contribution < -0.4 is 17.2 Å². The van der Waals surface area contributed by atoms with E-state index in [1.54, 1.807) is 0 Å². The largest absolute Gasteiger partial charge is 0.370 e. The van der Waals surface area contributed by atoms with Crippen LogP contribution in [0.1, 0.15) is 6.42 Å². The Balaban J connectivity index is 3.13. The molecule has 4 heteroatoms. The molecular formula is C3H9N3O. The van der Waals surface area contributed by atoms with Gasteiger partial charge in [0.15, 0.2) is 0 Å². The number of hydrogen-bond donors (Lipinski definition) is 3. The number of rotatable bonds is 2. The maximum absolute atomic E-state index is 9.87. The van der Waals surface area contributed by atoms with Crippen LogP contribution in [0, 0.1) is 0 Å². The summed E-state index contributed by atoms with van der Waals surface area (Å²) in [5.41, 5.74) is 14.6. The van der Waals surface area contributed by atoms with Crippen LogP contribution in [0.15, 0.2) is 0 Å². The van der Waals surface area contributed by atoms with Gasteiger partial charge in [0.2, 0.25) is 5.91 Å². The SMILES string of the molecule is NC(=O)CC(N)N. The van der Waals surface area contributed by atoms with Gasteiger partial charge in [-0.3, -0.25) is 4.79 Å². The van der Waals surface area contributed by atoms with Gasteiger partial charge < -0.3 is 17.2 Å². The molecule has 0 aliphatic heterocycles. The molecule has 0 saturated carbocycles. The molecule has 0 fully saturated rings. The van der Waals surface area contributed by atoms with Gasteiger partial charge in [0.25, 0.3) is 0 Å². The molecule has 0 aromatic carbocycles. The summed E-state index contributed by atoms with van der Waals surface area (Å²) in [4.78, 5) is 9.87. The minimum Gasteiger partial charge on any atom is -0.370 e. The van der Waals surface area contributed by atoms with Crippen LogP contribution in [-0.2, 0) is 4.79 Å². The van der Waals surface area contributed by atoms with Crippen molar-refractivity contribution in [2.24, 2.45) is 17.2 Å². The fourth-order valence-corrected chi connectivity index (χ4v) is 0.232. The molecule has 0 aliphatic rings. The number of carbonyl (C=O) groups excluding carboxylic acids is 1. The third-order valence-corrected chi connectivity index (χ3v) is 0.437. The van der Waals surface area contributed by atoms with E-state index in [4.69, 9.17) is 17.2 Å². The Kier molecular flexibility index (Phi) is 2.32. The van der Waals surface area contributed by atoms with Crippen molar-refractivity contribution in [3.63, 3.8) is 0 Å². The van der Waals surface area contributed by atoms with E-state index < -0.39 is 12.1 Å². The van der Waals surface area contributed by atoms with E-state index in [2.05, 4.69) is 0 Å². The first kappa shape index (κ1) is 6.39. The summed E-state index contributed by atoms with van der Waals surface area (Å²) in [5, 5.41) is 0. The van der Waals surface area contributed by atoms with Crippen molar-refractivity contribution < 1.29 is 4.79 Å². The van der Waals surface area contributed by atoms with E-state index in [0.717, 1.165) is 0 Å². The van der Waals surface area contributed by atoms with E-state index in [1.165, 1.54) is 0 Å². The summed E-state index contributed by atoms with van der Waals surface area (Å²) in [6.07, 6.45) is -0.544. The van der Waals surface area contributed by atoms with Crippen LogP contribution in [0.5, 0.6) is 0 Å². The maximum atomic E-state index is 9.87. The Labute approximate surface area is 41.7 Å². The molecule has 1 amide bonds. The first-order valence-corrected chi connectivity index (χ1v) is 1.92. The monoisotopic (exact) mass is 103 g/mol. The van der Waals surface area contributed by atoms with Gasteiger partial charge in [0.05, 0.1) is 12.6 Å². The van der Waals surface area contributed by atoms with Crippen LogP contribution in [0.3, 0.4) is 0 Å². The van der Waals surface area contributed by atoms with Crippen molar-refractivity contribution >= 4 is 5.91 Å². The Morgan fingerprint density at radius 3 is 2.00 bits per heavy atom. The molecule has 0 spiro atoms. The Morgan fingerprint density at radius 2 is 2.00 bits per heavy atom. The fourth-order valence-electron chi connectivity index (χ4n) is 0.232. The van der Waals surface area contributed by atoms with Crippen LogP contribution in [0.4, 0.5) is 0 Å². The smallest absolute Gasteiger partial charge is 0.220 e. The summed E-state index contributed by atoms with van der Waals surface area (Å²) in [7, 11) is 0. The van der Waals surface area contributed by atoms with Gasteiger partial charge in [0.1, 0.15) is 0 Å². The van der Waals surface area contributed by atoms with E-state index in [9.17, 15) is 4.79 Å². The molecule has 0 bridgehead atoms. The normalized spacial score (nSPS) is 9.57. The number of amides is 1. The van der Waals surface area contributed by atoms with Crippen molar-refractivity contribution in [3.8, 4) is 0 Å². The number of hydrogen-bond acceptors (Lipinski definition) is 3. The molecule has 0 saturated heterocycles. The average molecular weight is 103 g/mol. The van der Waals surface area contributed by atoms with Crippen molar-refractivity contribution in [1.82, 2.24) is 0 Å². The van der Waals surface area contributed by atoms with E-state index in [0.29, 0.717) is 0 Å². The van der Waals surface area contributed by atoms with Crippen LogP contribution in [0.2, 0.25) is 0 Å². The zero-order valence-electron chi connectivity index (χ0n) is 3.92. The summed E-state index contributed by atoms with van der Waals surface area (Å²) in [6.45, 7) is 0. The van der Waals surface area contributed by atoms with Gasteiger partial charge >= 0.3 is 0 Å². The molecule has 0 radical (unpaired) electrons. The highest BCUT2D eigenvalue weighted by Crippen LogP contribution is 1.72. The lowest BCUT2D eigenvalue weighted by molar-refractivity contribution is -0.118. The highest BCUT2D eigenvalue weighted by Gasteiger charge is 1.96. The second kappa shape index (κ2) is 2.54. The first-order chi connectivity index (χ1) is 3.13. The molecule has 0 atom stereocenters. The molecule has 6 N–H and O–H groups in total. The minimum absolute atomic E-state index is 0.0556. The Morgan fingerprint density at radius 1 is 1.57 bits per heavy atom. The lowest BCUT2D eigenvalue weighted by Gasteiger charge is -1.96. The van der Waals surface area contributed by atoms with Gasteiger partial charge in [-0.2, -0.15) is 0 Å². The second-order valence-electron chi connectivity index (χ2n) is 1.33. The predicted molar refractivity (Wildman–Crippen MR) is 26.0 cm³/mol. The van der Waals surface area contributed by atoms with Crippen LogP contribution in [0.25, 0.3) is 0 Å². The standard InChI is InChI=1S/C3H9N3O/c4-2(5)1-3(6)7/h2H,1,4-5H2,(H2,6,7). The van der Waals surface area contributed by atoms with Gasteiger partial charge in [-0.25, -0.2) is 0 Å². The maximum Gasteiger partial charge on any atom is 0.220 e. The van der Waals surface area contributed by atoms with Crippen molar-refractivity contribution in [2.75, 3.05) is 0 Å². The Hall–Kier alpha value is -0.610. The highest BCUT2D eigenvalue weighted by atomic mass is 16.1. The van der Waals surface area contributed by atoms with Gasteiger partial charge in [-0.05, 0) is 0 Å². The van der Waals surface area contributed by atoms with Crippen molar-refractivity contribution in [2.45, 2.75) is 12.6 Å². The third-order valence-electron chi connectivity index (χ3n) is 0.437. The summed E-state index contributed by atoms with van der Waals surface area (Å²) in [5.74, 6) is -0.463. The predicted octanol–water partition coefficient (Wildman–Crippen LogP) is -1.89. The molecule has 0 heterocycles. The molecule has 4 nitrogen and oxygen atoms in total. The fraction of sp³-hybridized carbons (Fsp3) is 0.667. The van der Waals surface area contributed by atoms with Gasteiger partial charge in [-0.15, -0.1) is 0 Å². The lowest BCUT2D eigenvalue weighted by atomic mass is 10.3. The zero-order valence-corrected chi connectivity index (χ0v) is 3.92. The zero-order chi connectivity index (χ0) is 5.86. The quantitative estimate of drug-likeness (QED) is 0.356. The molecule has 7 heavy (non-hydrogen) atoms. The van der Waals surface area contributed by atoms with Gasteiger partial charge in [0, 0.05) is 0 Å². The number of nitrogens with two attached hydrogens (primary N) is 3. The minimum atomic E-state index is -0.600. The van der Waals surface area contributed by atoms with Crippen LogP contribution in [-0.4, -0.2) is 12.1 Å². The molecule has 0 aromatic rings. The average Bonchev–Trinajstić information content (AvgIpc) is 1.27. The summed E-state index contributed by atoms with van der Waals surface area (Å²) < 4.78 is 0. The van der Waals surface area contributed by atoms with Crippen molar-refractivity contribution in [3.05, 3.63) is 0 Å². The van der Waals surface area contributed by atoms with Crippen LogP contribution >= 0.6 is 0 Å². The molecule has 0 aromatic heterocycles. The van der Waals surface area contributed by atoms with E-state index >= 15 is 0 Å². The van der Waals surface area contributed by atoms with Gasteiger partial charge in [-0.1, -0.05) is 0 Å². The van der Waals surface area contributed by atoms with E-state index in [-0.39, 0.29) is 6.42 Å². The second-order valence-corrected chi connectivity index (χ2v) is 1.33. The lowest BCUT2D eigenvalue weighted by Crippen LogP contribution is -2.35. The first-order valence-electron chi connectivity index (χ1n) is 1.92. The Bertz CT molecular complexity index is 70.6. The molecule has 0 aliphatic carbocycles. The molecular weight excluding hydrogens is 94.1 g/mol.